The molecule has 5 heteroatoms. The Bertz CT molecular complexity index is 781. The van der Waals surface area contributed by atoms with Gasteiger partial charge in [0.1, 0.15) is 10.7 Å². The summed E-state index contributed by atoms with van der Waals surface area (Å²) in [6.45, 7) is 6.16. The highest BCUT2D eigenvalue weighted by Crippen LogP contribution is 2.28. The van der Waals surface area contributed by atoms with Gasteiger partial charge in [0.25, 0.3) is 0 Å². The first-order valence-electron chi connectivity index (χ1n) is 6.87. The Balaban J connectivity index is 2.02. The Morgan fingerprint density at radius 3 is 2.57 bits per heavy atom. The molecule has 0 aliphatic carbocycles. The maximum atomic E-state index is 11.4. The molecule has 0 saturated carbocycles. The van der Waals surface area contributed by atoms with Gasteiger partial charge in [0, 0.05) is 11.8 Å². The zero-order valence-electron chi connectivity index (χ0n) is 12.3. The first-order chi connectivity index (χ1) is 9.99. The minimum atomic E-state index is -0.163. The fourth-order valence-corrected chi connectivity index (χ4v) is 3.24. The molecule has 0 aliphatic heterocycles. The molecule has 2 aromatic heterocycles. The Morgan fingerprint density at radius 1 is 1.24 bits per heavy atom. The van der Waals surface area contributed by atoms with Crippen LogP contribution in [0, 0.1) is 0 Å². The highest BCUT2D eigenvalue weighted by molar-refractivity contribution is 7.16. The molecule has 0 bridgehead atoms. The van der Waals surface area contributed by atoms with Gasteiger partial charge in [-0.2, -0.15) is 9.61 Å². The molecule has 2 heterocycles. The second-order valence-corrected chi connectivity index (χ2v) is 7.11. The normalized spacial score (nSPS) is 12.0. The quantitative estimate of drug-likeness (QED) is 0.695. The van der Waals surface area contributed by atoms with Crippen LogP contribution in [0.15, 0.2) is 30.3 Å². The Labute approximate surface area is 127 Å². The van der Waals surface area contributed by atoms with E-state index in [0.29, 0.717) is 5.69 Å². The van der Waals surface area contributed by atoms with Crippen molar-refractivity contribution < 1.29 is 4.79 Å². The fraction of sp³-hybridized carbons (Fsp3) is 0.312. The molecule has 0 fully saturated rings. The summed E-state index contributed by atoms with van der Waals surface area (Å²) < 4.78 is 1.68. The van der Waals surface area contributed by atoms with Crippen molar-refractivity contribution in [1.82, 2.24) is 14.6 Å². The highest BCUT2D eigenvalue weighted by atomic mass is 32.1. The van der Waals surface area contributed by atoms with Crippen LogP contribution in [-0.2, 0) is 11.8 Å². The molecule has 0 spiro atoms. The summed E-state index contributed by atoms with van der Waals surface area (Å²) >= 11 is 1.54. The van der Waals surface area contributed by atoms with E-state index in [4.69, 9.17) is 0 Å². The lowest BCUT2D eigenvalue weighted by molar-refractivity contribution is 0.111. The van der Waals surface area contributed by atoms with Crippen molar-refractivity contribution in [2.75, 3.05) is 0 Å². The maximum Gasteiger partial charge on any atom is 0.213 e. The van der Waals surface area contributed by atoms with Crippen LogP contribution in [0.2, 0.25) is 0 Å². The van der Waals surface area contributed by atoms with Crippen LogP contribution in [0.3, 0.4) is 0 Å². The average Bonchev–Trinajstić information content (AvgIpc) is 2.95. The van der Waals surface area contributed by atoms with Crippen molar-refractivity contribution in [1.29, 1.82) is 0 Å². The zero-order chi connectivity index (χ0) is 15.0. The van der Waals surface area contributed by atoms with Crippen molar-refractivity contribution >= 4 is 22.6 Å². The van der Waals surface area contributed by atoms with Crippen molar-refractivity contribution in [3.63, 3.8) is 0 Å². The molecule has 0 N–H and O–H groups in total. The summed E-state index contributed by atoms with van der Waals surface area (Å²) in [4.78, 5) is 16.8. The van der Waals surface area contributed by atoms with Crippen LogP contribution in [0.4, 0.5) is 0 Å². The van der Waals surface area contributed by atoms with Crippen molar-refractivity contribution in [2.45, 2.75) is 32.6 Å². The number of rotatable bonds is 3. The van der Waals surface area contributed by atoms with E-state index < -0.39 is 0 Å². The number of carbonyl (C=O) groups is 1. The van der Waals surface area contributed by atoms with E-state index in [-0.39, 0.29) is 5.41 Å². The minimum absolute atomic E-state index is 0.163. The number of fused-ring (bicyclic) bond motifs is 1. The zero-order valence-corrected chi connectivity index (χ0v) is 13.1. The van der Waals surface area contributed by atoms with E-state index in [1.165, 1.54) is 5.56 Å². The lowest BCUT2D eigenvalue weighted by atomic mass is 9.91. The molecule has 4 nitrogen and oxygen atoms in total. The molecule has 0 aliphatic rings. The monoisotopic (exact) mass is 299 g/mol. The first-order valence-corrected chi connectivity index (χ1v) is 7.68. The molecule has 1 aromatic carbocycles. The number of hydrogen-bond acceptors (Lipinski definition) is 4. The number of imidazole rings is 1. The Kier molecular flexibility index (Phi) is 3.37. The van der Waals surface area contributed by atoms with Crippen LogP contribution in [-0.4, -0.2) is 20.9 Å². The van der Waals surface area contributed by atoms with Crippen LogP contribution < -0.4 is 0 Å². The first kappa shape index (κ1) is 13.9. The van der Waals surface area contributed by atoms with Gasteiger partial charge in [0.05, 0.1) is 5.69 Å². The van der Waals surface area contributed by atoms with Crippen LogP contribution in [0.1, 0.15) is 47.5 Å². The van der Waals surface area contributed by atoms with Crippen LogP contribution in [0.25, 0.3) is 4.96 Å². The van der Waals surface area contributed by atoms with Gasteiger partial charge < -0.3 is 0 Å². The predicted octanol–water partition coefficient (Wildman–Crippen LogP) is 3.49. The lowest BCUT2D eigenvalue weighted by Gasteiger charge is -2.15. The third-order valence-electron chi connectivity index (χ3n) is 3.30. The summed E-state index contributed by atoms with van der Waals surface area (Å²) in [6.07, 6.45) is 1.62. The van der Waals surface area contributed by atoms with E-state index in [0.717, 1.165) is 28.4 Å². The maximum absolute atomic E-state index is 11.4. The molecule has 0 amide bonds. The van der Waals surface area contributed by atoms with E-state index in [9.17, 15) is 4.79 Å². The molecular formula is C16H17N3OS. The summed E-state index contributed by atoms with van der Waals surface area (Å²) in [5, 5.41) is 5.52. The average molecular weight is 299 g/mol. The van der Waals surface area contributed by atoms with Gasteiger partial charge in [-0.15, -0.1) is 0 Å². The van der Waals surface area contributed by atoms with Gasteiger partial charge in [0.2, 0.25) is 4.96 Å². The van der Waals surface area contributed by atoms with Gasteiger partial charge in [0.15, 0.2) is 6.29 Å². The van der Waals surface area contributed by atoms with Crippen LogP contribution >= 0.6 is 11.3 Å². The van der Waals surface area contributed by atoms with Gasteiger partial charge >= 0.3 is 0 Å². The molecule has 108 valence electrons. The number of aldehydes is 1. The fourth-order valence-electron chi connectivity index (χ4n) is 2.30. The van der Waals surface area contributed by atoms with Crippen molar-refractivity contribution in [3.05, 3.63) is 52.3 Å². The van der Waals surface area contributed by atoms with Gasteiger partial charge in [-0.1, -0.05) is 62.4 Å². The molecule has 3 rings (SSSR count). The van der Waals surface area contributed by atoms with Crippen molar-refractivity contribution in [2.24, 2.45) is 0 Å². The number of hydrogen-bond donors (Lipinski definition) is 0. The number of carbonyl (C=O) groups excluding carboxylic acids is 1. The Morgan fingerprint density at radius 2 is 1.95 bits per heavy atom. The molecule has 0 saturated heterocycles. The van der Waals surface area contributed by atoms with Crippen LogP contribution in [0.5, 0.6) is 0 Å². The molecule has 21 heavy (non-hydrogen) atoms. The number of aromatic nitrogens is 3. The van der Waals surface area contributed by atoms with Gasteiger partial charge in [-0.05, 0) is 5.56 Å². The molecular weight excluding hydrogens is 282 g/mol. The smallest absolute Gasteiger partial charge is 0.213 e. The summed E-state index contributed by atoms with van der Waals surface area (Å²) in [6, 6.07) is 10.2. The number of nitrogens with zero attached hydrogens (tertiary/aromatic N) is 3. The van der Waals surface area contributed by atoms with Gasteiger partial charge in [-0.25, -0.2) is 4.98 Å². The van der Waals surface area contributed by atoms with Gasteiger partial charge in [-0.3, -0.25) is 4.79 Å². The number of benzene rings is 1. The predicted molar refractivity (Wildman–Crippen MR) is 84.2 cm³/mol. The van der Waals surface area contributed by atoms with E-state index >= 15 is 0 Å². The third kappa shape index (κ3) is 2.61. The van der Waals surface area contributed by atoms with E-state index in [1.807, 2.05) is 18.2 Å². The topological polar surface area (TPSA) is 47.3 Å². The summed E-state index contributed by atoms with van der Waals surface area (Å²) in [7, 11) is 0. The highest BCUT2D eigenvalue weighted by Gasteiger charge is 2.25. The molecule has 0 unspecified atom stereocenters. The molecule has 0 radical (unpaired) electrons. The molecule has 0 atom stereocenters. The largest absolute Gasteiger partial charge is 0.296 e. The Hall–Kier alpha value is -2.01. The summed E-state index contributed by atoms with van der Waals surface area (Å²) in [5.41, 5.74) is 2.41. The second kappa shape index (κ2) is 5.07. The third-order valence-corrected chi connectivity index (χ3v) is 4.21. The standard InChI is InChI=1S/C16H17N3OS/c1-16(2,3)14-12(10-20)19-15(17-14)21-13(18-19)9-11-7-5-4-6-8-11/h4-8,10H,9H2,1-3H3. The minimum Gasteiger partial charge on any atom is -0.296 e. The van der Waals surface area contributed by atoms with E-state index in [2.05, 4.69) is 43.0 Å². The second-order valence-electron chi connectivity index (χ2n) is 6.07. The SMILES string of the molecule is CC(C)(C)c1nc2sc(Cc3ccccc3)nn2c1C=O. The summed E-state index contributed by atoms with van der Waals surface area (Å²) in [5.74, 6) is 0. The molecule has 3 aromatic rings. The van der Waals surface area contributed by atoms with Crippen molar-refractivity contribution in [3.8, 4) is 0 Å². The van der Waals surface area contributed by atoms with E-state index in [1.54, 1.807) is 15.9 Å². The lowest BCUT2D eigenvalue weighted by Crippen LogP contribution is -2.15.